The molecule has 120 heavy (non-hydrogen) atoms. The highest BCUT2D eigenvalue weighted by Gasteiger charge is 2.34. The molecular formula is C92H165N17O11+4. The quantitative estimate of drug-likeness (QED) is 0.0265. The van der Waals surface area contributed by atoms with Gasteiger partial charge in [0.05, 0.1) is 52.4 Å². The van der Waals surface area contributed by atoms with Gasteiger partial charge in [0, 0.05) is 171 Å². The molecule has 0 spiro atoms. The van der Waals surface area contributed by atoms with Crippen LogP contribution in [0.5, 0.6) is 0 Å². The molecule has 0 heterocycles. The van der Waals surface area contributed by atoms with E-state index in [2.05, 4.69) is 109 Å². The van der Waals surface area contributed by atoms with Crippen molar-refractivity contribution in [1.82, 2.24) is 67.9 Å². The Bertz CT molecular complexity index is 2950. The Morgan fingerprint density at radius 3 is 0.783 bits per heavy atom. The lowest BCUT2D eigenvalue weighted by molar-refractivity contribution is -0.365. The van der Waals surface area contributed by atoms with Crippen molar-refractivity contribution in [2.45, 2.75) is 296 Å². The summed E-state index contributed by atoms with van der Waals surface area (Å²) in [5, 5.41) is 29.8. The minimum Gasteiger partial charge on any atom is -0.356 e. The zero-order chi connectivity index (χ0) is 87.6. The Morgan fingerprint density at radius 1 is 0.275 bits per heavy atom. The van der Waals surface area contributed by atoms with Crippen LogP contribution in [0.3, 0.4) is 0 Å². The van der Waals surface area contributed by atoms with Crippen molar-refractivity contribution in [3.8, 4) is 11.8 Å². The number of carbonyl (C=O) groups excluding carboxylic acids is 11. The monoisotopic (exact) mass is 1680 g/mol. The molecule has 0 aliphatic rings. The molecule has 22 N–H and O–H groups in total. The van der Waals surface area contributed by atoms with E-state index in [0.717, 1.165) is 57.8 Å². The number of nitrogens with one attached hydrogen (secondary N) is 10. The molecule has 28 nitrogen and oxygen atoms in total. The summed E-state index contributed by atoms with van der Waals surface area (Å²) in [6, 6.07) is 13.5. The molecule has 2 aromatic carbocycles. The average Bonchev–Trinajstić information content (AvgIpc) is 0.828. The highest BCUT2D eigenvalue weighted by Crippen LogP contribution is 2.28. The molecule has 0 fully saturated rings. The maximum absolute atomic E-state index is 14.7. The first-order valence-corrected chi connectivity index (χ1v) is 46.7. The van der Waals surface area contributed by atoms with Gasteiger partial charge >= 0.3 is 0 Å². The predicted molar refractivity (Wildman–Crippen MR) is 477 cm³/mol. The molecule has 0 aromatic heterocycles. The summed E-state index contributed by atoms with van der Waals surface area (Å²) in [6.45, 7) is 14.7. The van der Waals surface area contributed by atoms with E-state index in [1.54, 1.807) is 48.5 Å². The van der Waals surface area contributed by atoms with Crippen LogP contribution in [0.1, 0.15) is 322 Å². The minimum absolute atomic E-state index is 0.0405. The maximum atomic E-state index is 14.7. The summed E-state index contributed by atoms with van der Waals surface area (Å²) in [5.41, 5.74) is 15.8. The molecule has 680 valence electrons. The largest absolute Gasteiger partial charge is 0.356 e. The smallest absolute Gasteiger partial charge is 0.253 e. The van der Waals surface area contributed by atoms with Gasteiger partial charge < -0.3 is 90.8 Å². The number of quaternary nitrogens is 4. The molecule has 0 aliphatic heterocycles. The van der Waals surface area contributed by atoms with Gasteiger partial charge in [-0.1, -0.05) is 206 Å². The number of hydrogen-bond acceptors (Lipinski definition) is 13. The van der Waals surface area contributed by atoms with E-state index in [9.17, 15) is 52.7 Å². The van der Waals surface area contributed by atoms with Crippen LogP contribution < -0.4 is 76.1 Å². The molecule has 0 saturated heterocycles. The summed E-state index contributed by atoms with van der Waals surface area (Å²) in [4.78, 5) is 153. The summed E-state index contributed by atoms with van der Waals surface area (Å²) >= 11 is 0. The maximum Gasteiger partial charge on any atom is 0.253 e. The summed E-state index contributed by atoms with van der Waals surface area (Å²) in [7, 11) is 0. The first-order chi connectivity index (χ1) is 58.3. The number of amides is 11. The topological polar surface area (TPSA) is 428 Å². The normalized spacial score (nSPS) is 11.2. The van der Waals surface area contributed by atoms with E-state index >= 15 is 0 Å². The summed E-state index contributed by atoms with van der Waals surface area (Å²) in [6.07, 6.45) is 36.9. The van der Waals surface area contributed by atoms with E-state index in [-0.39, 0.29) is 162 Å². The van der Waals surface area contributed by atoms with Crippen molar-refractivity contribution in [1.29, 1.82) is 0 Å². The first-order valence-electron chi connectivity index (χ1n) is 46.7. The number of carbonyl (C=O) groups is 11. The Labute approximate surface area is 721 Å². The number of hydrogen-bond donors (Lipinski definition) is 14. The van der Waals surface area contributed by atoms with Crippen LogP contribution in [0.25, 0.3) is 0 Å². The average molecular weight is 1690 g/mol. The van der Waals surface area contributed by atoms with Gasteiger partial charge in [0.2, 0.25) is 53.2 Å². The van der Waals surface area contributed by atoms with Crippen molar-refractivity contribution >= 4 is 65.0 Å². The van der Waals surface area contributed by atoms with E-state index < -0.39 is 17.4 Å². The van der Waals surface area contributed by atoms with Crippen LogP contribution in [-0.4, -0.2) is 223 Å². The lowest BCUT2D eigenvalue weighted by Gasteiger charge is -2.35. The van der Waals surface area contributed by atoms with E-state index in [1.807, 2.05) is 9.80 Å². The molecular weight excluding hydrogens is 1520 g/mol. The van der Waals surface area contributed by atoms with Gasteiger partial charge in [-0.15, -0.1) is 0 Å². The molecule has 0 unspecified atom stereocenters. The SMILES string of the molecule is CCCCCCCCCCCCNC(=O)CCC(CCC(=O)NCCCCCCCCCCCC)(CCC(=O)NCCCCCCCCCCCC)NC(=O)c1ccc(C#Cc2ccc(C(=O)N(CCC(=O)NCCN(CCC(=O)NCC[NH3+])CCC(=O)NCC[NH3+])CCC(=O)NCCN(CCC(=O)NCC[NH3+])CCC(=O)NCC[NH3+])cc2)cc1. The van der Waals surface area contributed by atoms with Crippen LogP contribution in [0.4, 0.5) is 0 Å². The predicted octanol–water partition coefficient (Wildman–Crippen LogP) is 6.06. The second-order valence-corrected chi connectivity index (χ2v) is 32.2. The zero-order valence-electron chi connectivity index (χ0n) is 74.8. The van der Waals surface area contributed by atoms with Crippen molar-refractivity contribution in [2.24, 2.45) is 0 Å². The Morgan fingerprint density at radius 2 is 0.508 bits per heavy atom. The molecule has 2 rings (SSSR count). The molecule has 0 atom stereocenters. The fourth-order valence-electron chi connectivity index (χ4n) is 14.1. The Kier molecular flexibility index (Phi) is 66.3. The van der Waals surface area contributed by atoms with Gasteiger partial charge in [0.25, 0.3) is 11.8 Å². The van der Waals surface area contributed by atoms with Gasteiger partial charge in [-0.3, -0.25) is 52.7 Å². The fraction of sp³-hybridized carbons (Fsp3) is 0.728. The molecule has 28 heteroatoms. The second kappa shape index (κ2) is 73.6. The third-order valence-corrected chi connectivity index (χ3v) is 21.7. The van der Waals surface area contributed by atoms with Crippen LogP contribution in [0.2, 0.25) is 0 Å². The molecule has 0 bridgehead atoms. The van der Waals surface area contributed by atoms with Crippen LogP contribution in [0.15, 0.2) is 48.5 Å². The molecule has 2 aromatic rings. The Balaban J connectivity index is 2.45. The lowest BCUT2D eigenvalue weighted by atomic mass is 9.82. The van der Waals surface area contributed by atoms with Gasteiger partial charge in [-0.25, -0.2) is 0 Å². The molecule has 0 aliphatic carbocycles. The summed E-state index contributed by atoms with van der Waals surface area (Å²) < 4.78 is 0. The first kappa shape index (κ1) is 108. The Hall–Kier alpha value is -8.07. The van der Waals surface area contributed by atoms with E-state index in [0.29, 0.717) is 128 Å². The lowest BCUT2D eigenvalue weighted by Crippen LogP contribution is -2.55. The van der Waals surface area contributed by atoms with Gasteiger partial charge in [-0.05, 0) is 87.1 Å². The standard InChI is InChI=1S/C92H161N17O11/c1-4-7-10-13-16-19-22-25-28-31-60-97-81(110)44-53-92(54-45-82(111)98-61-32-29-26-23-20-17-14-11-8-5-2,55-46-83(112)99-62-33-30-27-24-21-18-15-12-9-6-3)106-90(119)79-40-36-77(37-41-79)34-35-78-38-42-80(43-39-78)91(120)109(73-51-88(117)104-67-75-107(69-47-84(113)100-63-56-93)70-48-85(114)101-64-57-94)74-52-89(118)105-68-76-108(71-49-86(115)102-65-58-95)72-50-87(116)103-66-59-96/h36-43H,4-33,44-76,93-96H2,1-3H3,(H,97,110)(H,98,111)(H,99,112)(H,100,113)(H,101,114)(H,102,115)(H,103,116)(H,104,117)(H,105,118)(H,106,119)/p+4. The molecule has 0 saturated carbocycles. The fourth-order valence-corrected chi connectivity index (χ4v) is 14.1. The third kappa shape index (κ3) is 58.8. The second-order valence-electron chi connectivity index (χ2n) is 32.2. The number of nitrogens with zero attached hydrogens (tertiary/aromatic N) is 3. The van der Waals surface area contributed by atoms with Gasteiger partial charge in [0.1, 0.15) is 0 Å². The third-order valence-electron chi connectivity index (χ3n) is 21.7. The number of benzene rings is 2. The molecule has 0 radical (unpaired) electrons. The van der Waals surface area contributed by atoms with Crippen molar-refractivity contribution in [3.63, 3.8) is 0 Å². The van der Waals surface area contributed by atoms with Crippen LogP contribution in [-0.2, 0) is 43.2 Å². The van der Waals surface area contributed by atoms with Gasteiger partial charge in [0.15, 0.2) is 0 Å². The molecule has 11 amide bonds. The van der Waals surface area contributed by atoms with Crippen LogP contribution >= 0.6 is 0 Å². The van der Waals surface area contributed by atoms with E-state index in [1.165, 1.54) is 140 Å². The van der Waals surface area contributed by atoms with Crippen LogP contribution in [0, 0.1) is 11.8 Å². The van der Waals surface area contributed by atoms with Crippen molar-refractivity contribution in [2.75, 3.05) is 137 Å². The highest BCUT2D eigenvalue weighted by molar-refractivity contribution is 5.96. The number of rotatable bonds is 77. The van der Waals surface area contributed by atoms with Gasteiger partial charge in [-0.2, -0.15) is 0 Å². The summed E-state index contributed by atoms with van der Waals surface area (Å²) in [5.74, 6) is 3.79. The van der Waals surface area contributed by atoms with E-state index in [4.69, 9.17) is 0 Å². The highest BCUT2D eigenvalue weighted by atomic mass is 16.2. The number of unbranched alkanes of at least 4 members (excludes halogenated alkanes) is 27. The van der Waals surface area contributed by atoms with Crippen molar-refractivity contribution < 1.29 is 75.7 Å². The minimum atomic E-state index is -1.10. The zero-order valence-corrected chi connectivity index (χ0v) is 74.8. The van der Waals surface area contributed by atoms with Crippen molar-refractivity contribution in [3.05, 3.63) is 70.8 Å².